The maximum Gasteiger partial charge on any atom is 0.0521 e. The standard InChI is InChI=1S/C10H22N2OS/c1-10(2)12-6-5-11-4-3-8-14-9-7-13/h11,13H,3-9H2,1-2H3. The third kappa shape index (κ3) is 11.9. The molecule has 0 saturated carbocycles. The fourth-order valence-corrected chi connectivity index (χ4v) is 1.63. The quantitative estimate of drug-likeness (QED) is 0.451. The van der Waals surface area contributed by atoms with Gasteiger partial charge in [-0.3, -0.25) is 4.99 Å². The lowest BCUT2D eigenvalue weighted by molar-refractivity contribution is 0.322. The van der Waals surface area contributed by atoms with Crippen LogP contribution in [0.3, 0.4) is 0 Å². The summed E-state index contributed by atoms with van der Waals surface area (Å²) in [5.41, 5.74) is 1.14. The van der Waals surface area contributed by atoms with E-state index >= 15 is 0 Å². The Morgan fingerprint density at radius 2 is 2.07 bits per heavy atom. The molecule has 0 rings (SSSR count). The fraction of sp³-hybridized carbons (Fsp3) is 0.900. The zero-order valence-electron chi connectivity index (χ0n) is 9.25. The highest BCUT2D eigenvalue weighted by atomic mass is 32.2. The second-order valence-corrected chi connectivity index (χ2v) is 4.49. The zero-order valence-corrected chi connectivity index (χ0v) is 10.1. The maximum atomic E-state index is 8.54. The zero-order chi connectivity index (χ0) is 10.6. The Bertz CT molecular complexity index is 147. The van der Waals surface area contributed by atoms with Crippen LogP contribution < -0.4 is 5.32 Å². The Morgan fingerprint density at radius 1 is 1.29 bits per heavy atom. The van der Waals surface area contributed by atoms with Crippen molar-refractivity contribution >= 4 is 17.5 Å². The number of hydrogen-bond donors (Lipinski definition) is 2. The Kier molecular flexibility index (Phi) is 11.0. The minimum Gasteiger partial charge on any atom is -0.396 e. The molecule has 0 aliphatic carbocycles. The van der Waals surface area contributed by atoms with Crippen LogP contribution in [0.5, 0.6) is 0 Å². The molecule has 14 heavy (non-hydrogen) atoms. The van der Waals surface area contributed by atoms with E-state index in [-0.39, 0.29) is 0 Å². The van der Waals surface area contributed by atoms with Crippen LogP contribution in [0.4, 0.5) is 0 Å². The summed E-state index contributed by atoms with van der Waals surface area (Å²) in [5, 5.41) is 11.9. The summed E-state index contributed by atoms with van der Waals surface area (Å²) in [6.07, 6.45) is 1.17. The van der Waals surface area contributed by atoms with Gasteiger partial charge in [-0.05, 0) is 32.6 Å². The number of nitrogens with zero attached hydrogens (tertiary/aromatic N) is 1. The van der Waals surface area contributed by atoms with Gasteiger partial charge in [0.15, 0.2) is 0 Å². The predicted molar refractivity (Wildman–Crippen MR) is 65.5 cm³/mol. The number of aliphatic hydroxyl groups excluding tert-OH is 1. The molecule has 0 bridgehead atoms. The topological polar surface area (TPSA) is 44.6 Å². The number of rotatable bonds is 9. The van der Waals surface area contributed by atoms with Crippen LogP contribution in [0.25, 0.3) is 0 Å². The molecule has 3 nitrogen and oxygen atoms in total. The lowest BCUT2D eigenvalue weighted by Gasteiger charge is -2.02. The second-order valence-electron chi connectivity index (χ2n) is 3.27. The average Bonchev–Trinajstić information content (AvgIpc) is 2.15. The predicted octanol–water partition coefficient (Wildman–Crippen LogP) is 1.17. The molecule has 0 aliphatic heterocycles. The van der Waals surface area contributed by atoms with Gasteiger partial charge in [0.05, 0.1) is 13.2 Å². The number of thioether (sulfide) groups is 1. The minimum absolute atomic E-state index is 0.294. The van der Waals surface area contributed by atoms with E-state index in [1.807, 2.05) is 13.8 Å². The van der Waals surface area contributed by atoms with Crippen molar-refractivity contribution in [2.45, 2.75) is 20.3 Å². The van der Waals surface area contributed by atoms with E-state index in [0.717, 1.165) is 36.9 Å². The van der Waals surface area contributed by atoms with Crippen molar-refractivity contribution < 1.29 is 5.11 Å². The van der Waals surface area contributed by atoms with Crippen LogP contribution in [-0.2, 0) is 0 Å². The number of aliphatic imine (C=N–C) groups is 1. The summed E-state index contributed by atoms with van der Waals surface area (Å²) in [7, 11) is 0. The third-order valence-corrected chi connectivity index (χ3v) is 2.64. The number of hydrogen-bond acceptors (Lipinski definition) is 4. The first-order chi connectivity index (χ1) is 6.77. The summed E-state index contributed by atoms with van der Waals surface area (Å²) in [4.78, 5) is 4.29. The van der Waals surface area contributed by atoms with E-state index in [9.17, 15) is 0 Å². The van der Waals surface area contributed by atoms with Gasteiger partial charge in [0.2, 0.25) is 0 Å². The normalized spacial score (nSPS) is 10.2. The number of nitrogens with one attached hydrogen (secondary N) is 1. The molecule has 0 aromatic carbocycles. The highest BCUT2D eigenvalue weighted by Crippen LogP contribution is 1.99. The molecule has 0 aromatic heterocycles. The summed E-state index contributed by atoms with van der Waals surface area (Å²) in [5.74, 6) is 1.99. The Labute approximate surface area is 91.4 Å². The van der Waals surface area contributed by atoms with E-state index < -0.39 is 0 Å². The van der Waals surface area contributed by atoms with Crippen molar-refractivity contribution in [3.05, 3.63) is 0 Å². The Balaban J connectivity index is 2.96. The molecule has 0 radical (unpaired) electrons. The van der Waals surface area contributed by atoms with Gasteiger partial charge < -0.3 is 10.4 Å². The van der Waals surface area contributed by atoms with Crippen molar-refractivity contribution in [2.75, 3.05) is 37.7 Å². The van der Waals surface area contributed by atoms with Gasteiger partial charge in [-0.25, -0.2) is 0 Å². The molecule has 0 aliphatic rings. The Morgan fingerprint density at radius 3 is 2.71 bits per heavy atom. The highest BCUT2D eigenvalue weighted by molar-refractivity contribution is 7.99. The molecule has 2 N–H and O–H groups in total. The van der Waals surface area contributed by atoms with Crippen LogP contribution in [0.2, 0.25) is 0 Å². The molecule has 0 unspecified atom stereocenters. The molecule has 0 fully saturated rings. The largest absolute Gasteiger partial charge is 0.396 e. The van der Waals surface area contributed by atoms with Crippen LogP contribution in [0.1, 0.15) is 20.3 Å². The molecule has 0 atom stereocenters. The summed E-state index contributed by atoms with van der Waals surface area (Å²) >= 11 is 1.80. The first-order valence-electron chi connectivity index (χ1n) is 5.14. The van der Waals surface area contributed by atoms with Crippen molar-refractivity contribution in [3.63, 3.8) is 0 Å². The maximum absolute atomic E-state index is 8.54. The average molecular weight is 218 g/mol. The van der Waals surface area contributed by atoms with Crippen LogP contribution in [0, 0.1) is 0 Å². The van der Waals surface area contributed by atoms with Gasteiger partial charge in [-0.15, -0.1) is 0 Å². The summed E-state index contributed by atoms with van der Waals surface area (Å²) < 4.78 is 0. The summed E-state index contributed by atoms with van der Waals surface area (Å²) in [6.45, 7) is 7.23. The van der Waals surface area contributed by atoms with Gasteiger partial charge in [0.25, 0.3) is 0 Å². The molecule has 0 amide bonds. The van der Waals surface area contributed by atoms with Crippen molar-refractivity contribution in [2.24, 2.45) is 4.99 Å². The summed E-state index contributed by atoms with van der Waals surface area (Å²) in [6, 6.07) is 0. The van der Waals surface area contributed by atoms with Crippen molar-refractivity contribution in [3.8, 4) is 0 Å². The molecule has 0 heterocycles. The van der Waals surface area contributed by atoms with E-state index in [0.29, 0.717) is 6.61 Å². The van der Waals surface area contributed by atoms with Crippen molar-refractivity contribution in [1.82, 2.24) is 5.32 Å². The third-order valence-electron chi connectivity index (χ3n) is 1.59. The highest BCUT2D eigenvalue weighted by Gasteiger charge is 1.89. The van der Waals surface area contributed by atoms with E-state index in [4.69, 9.17) is 5.11 Å². The molecular formula is C10H22N2OS. The number of aliphatic hydroxyl groups is 1. The van der Waals surface area contributed by atoms with Crippen LogP contribution in [-0.4, -0.2) is 48.6 Å². The molecule has 4 heteroatoms. The van der Waals surface area contributed by atoms with Gasteiger partial charge in [0.1, 0.15) is 0 Å². The molecule has 0 saturated heterocycles. The van der Waals surface area contributed by atoms with Crippen LogP contribution >= 0.6 is 11.8 Å². The SMILES string of the molecule is CC(C)=NCCNCCCSCCO. The second kappa shape index (κ2) is 11.0. The van der Waals surface area contributed by atoms with Crippen molar-refractivity contribution in [1.29, 1.82) is 0 Å². The van der Waals surface area contributed by atoms with Gasteiger partial charge in [-0.2, -0.15) is 11.8 Å². The Hall–Kier alpha value is -0.0600. The van der Waals surface area contributed by atoms with Gasteiger partial charge in [-0.1, -0.05) is 0 Å². The van der Waals surface area contributed by atoms with Gasteiger partial charge in [0, 0.05) is 18.0 Å². The first kappa shape index (κ1) is 13.9. The molecule has 0 spiro atoms. The van der Waals surface area contributed by atoms with Gasteiger partial charge >= 0.3 is 0 Å². The molecule has 84 valence electrons. The lowest BCUT2D eigenvalue weighted by Crippen LogP contribution is -2.19. The fourth-order valence-electron chi connectivity index (χ4n) is 0.949. The van der Waals surface area contributed by atoms with E-state index in [2.05, 4.69) is 10.3 Å². The minimum atomic E-state index is 0.294. The van der Waals surface area contributed by atoms with Crippen LogP contribution in [0.15, 0.2) is 4.99 Å². The smallest absolute Gasteiger partial charge is 0.0521 e. The first-order valence-corrected chi connectivity index (χ1v) is 6.30. The lowest BCUT2D eigenvalue weighted by atomic mass is 10.4. The monoisotopic (exact) mass is 218 g/mol. The van der Waals surface area contributed by atoms with E-state index in [1.54, 1.807) is 11.8 Å². The van der Waals surface area contributed by atoms with E-state index in [1.165, 1.54) is 6.42 Å². The molecule has 0 aromatic rings. The molecular weight excluding hydrogens is 196 g/mol.